The van der Waals surface area contributed by atoms with Gasteiger partial charge in [-0.25, -0.2) is 4.39 Å². The second kappa shape index (κ2) is 5.59. The Morgan fingerprint density at radius 2 is 2.00 bits per heavy atom. The van der Waals surface area contributed by atoms with Gasteiger partial charge in [0.2, 0.25) is 0 Å². The van der Waals surface area contributed by atoms with Gasteiger partial charge >= 0.3 is 0 Å². The van der Waals surface area contributed by atoms with Gasteiger partial charge in [-0.05, 0) is 37.6 Å². The summed E-state index contributed by atoms with van der Waals surface area (Å²) >= 11 is 0. The number of guanidine groups is 1. The van der Waals surface area contributed by atoms with Crippen LogP contribution in [0.3, 0.4) is 0 Å². The minimum atomic E-state index is -0.230. The molecule has 1 aromatic carbocycles. The van der Waals surface area contributed by atoms with Gasteiger partial charge in [-0.3, -0.25) is 4.99 Å². The fourth-order valence-electron chi connectivity index (χ4n) is 2.65. The van der Waals surface area contributed by atoms with Crippen LogP contribution in [0, 0.1) is 5.82 Å². The van der Waals surface area contributed by atoms with Crippen molar-refractivity contribution in [2.45, 2.75) is 45.1 Å². The number of unbranched alkanes of at least 4 members (excludes halogenated alkanes) is 2. The molecule has 0 bridgehead atoms. The average Bonchev–Trinajstić information content (AvgIpc) is 2.68. The molecule has 2 rings (SSSR count). The second-order valence-corrected chi connectivity index (χ2v) is 5.44. The van der Waals surface area contributed by atoms with Crippen LogP contribution in [-0.2, 0) is 0 Å². The molecule has 1 aromatic rings. The van der Waals surface area contributed by atoms with E-state index in [2.05, 4.69) is 18.8 Å². The van der Waals surface area contributed by atoms with Crippen molar-refractivity contribution in [2.75, 3.05) is 11.4 Å². The van der Waals surface area contributed by atoms with E-state index >= 15 is 0 Å². The van der Waals surface area contributed by atoms with Crippen LogP contribution < -0.4 is 10.6 Å². The summed E-state index contributed by atoms with van der Waals surface area (Å²) in [5.41, 5.74) is 6.84. The molecule has 0 fully saturated rings. The quantitative estimate of drug-likeness (QED) is 0.828. The molecule has 0 saturated heterocycles. The fourth-order valence-corrected chi connectivity index (χ4v) is 2.65. The van der Waals surface area contributed by atoms with Crippen molar-refractivity contribution in [2.24, 2.45) is 10.7 Å². The molecule has 3 nitrogen and oxygen atoms in total. The monoisotopic (exact) mass is 263 g/mol. The Bertz CT molecular complexity index is 455. The van der Waals surface area contributed by atoms with Gasteiger partial charge in [0.1, 0.15) is 5.82 Å². The summed E-state index contributed by atoms with van der Waals surface area (Å²) in [5.74, 6) is 0.303. The molecule has 0 spiro atoms. The van der Waals surface area contributed by atoms with Crippen molar-refractivity contribution < 1.29 is 4.39 Å². The Labute approximate surface area is 114 Å². The van der Waals surface area contributed by atoms with E-state index in [1.54, 1.807) is 12.1 Å². The summed E-state index contributed by atoms with van der Waals surface area (Å²) < 4.78 is 13.0. The van der Waals surface area contributed by atoms with Crippen molar-refractivity contribution in [3.8, 4) is 0 Å². The molecule has 19 heavy (non-hydrogen) atoms. The first-order valence-electron chi connectivity index (χ1n) is 6.92. The van der Waals surface area contributed by atoms with E-state index < -0.39 is 0 Å². The van der Waals surface area contributed by atoms with Crippen molar-refractivity contribution in [3.63, 3.8) is 0 Å². The molecule has 1 aliphatic rings. The number of nitrogens with zero attached hydrogens (tertiary/aromatic N) is 2. The van der Waals surface area contributed by atoms with E-state index in [1.165, 1.54) is 25.0 Å². The summed E-state index contributed by atoms with van der Waals surface area (Å²) in [6.45, 7) is 5.08. The van der Waals surface area contributed by atoms with Crippen LogP contribution >= 0.6 is 0 Å². The molecule has 0 aromatic heterocycles. The second-order valence-electron chi connectivity index (χ2n) is 5.44. The predicted molar refractivity (Wildman–Crippen MR) is 77.9 cm³/mol. The molecule has 2 N–H and O–H groups in total. The first kappa shape index (κ1) is 13.8. The van der Waals surface area contributed by atoms with Crippen LogP contribution in [-0.4, -0.2) is 18.0 Å². The molecule has 1 heterocycles. The minimum absolute atomic E-state index is 0.0862. The summed E-state index contributed by atoms with van der Waals surface area (Å²) in [6.07, 6.45) is 4.62. The lowest BCUT2D eigenvalue weighted by atomic mass is 9.93. The molecule has 104 valence electrons. The maximum atomic E-state index is 13.0. The summed E-state index contributed by atoms with van der Waals surface area (Å²) in [6, 6.07) is 6.46. The standard InChI is InChI=1S/C15H22FN3/c1-3-4-5-10-15(2)11-18-14(17)19(15)13-8-6-12(16)7-9-13/h6-9H,3-5,10-11H2,1-2H3,(H2,17,18). The summed E-state index contributed by atoms with van der Waals surface area (Å²) in [7, 11) is 0. The number of benzene rings is 1. The predicted octanol–water partition coefficient (Wildman–Crippen LogP) is 3.30. The molecule has 0 aliphatic carbocycles. The Morgan fingerprint density at radius 3 is 2.63 bits per heavy atom. The molecule has 1 atom stereocenters. The van der Waals surface area contributed by atoms with Crippen LogP contribution in [0.4, 0.5) is 10.1 Å². The van der Waals surface area contributed by atoms with Gasteiger partial charge in [0.25, 0.3) is 0 Å². The van der Waals surface area contributed by atoms with Gasteiger partial charge in [-0.2, -0.15) is 0 Å². The zero-order chi connectivity index (χ0) is 13.9. The molecule has 1 aliphatic heterocycles. The van der Waals surface area contributed by atoms with E-state index in [-0.39, 0.29) is 11.4 Å². The van der Waals surface area contributed by atoms with E-state index in [0.29, 0.717) is 12.5 Å². The lowest BCUT2D eigenvalue weighted by Gasteiger charge is -2.36. The zero-order valence-corrected chi connectivity index (χ0v) is 11.7. The lowest BCUT2D eigenvalue weighted by Crippen LogP contribution is -2.49. The largest absolute Gasteiger partial charge is 0.369 e. The number of halogens is 1. The normalized spacial score (nSPS) is 22.7. The first-order valence-corrected chi connectivity index (χ1v) is 6.92. The van der Waals surface area contributed by atoms with E-state index in [4.69, 9.17) is 5.73 Å². The van der Waals surface area contributed by atoms with Gasteiger partial charge in [-0.15, -0.1) is 0 Å². The molecule has 0 amide bonds. The SMILES string of the molecule is CCCCCC1(C)CN=C(N)N1c1ccc(F)cc1. The Kier molecular flexibility index (Phi) is 4.08. The molecular weight excluding hydrogens is 241 g/mol. The van der Waals surface area contributed by atoms with Crippen molar-refractivity contribution >= 4 is 11.6 Å². The van der Waals surface area contributed by atoms with Gasteiger partial charge in [0, 0.05) is 5.69 Å². The van der Waals surface area contributed by atoms with E-state index in [1.807, 2.05) is 4.90 Å². The fraction of sp³-hybridized carbons (Fsp3) is 0.533. The highest BCUT2D eigenvalue weighted by Crippen LogP contribution is 2.32. The highest BCUT2D eigenvalue weighted by atomic mass is 19.1. The topological polar surface area (TPSA) is 41.6 Å². The van der Waals surface area contributed by atoms with Crippen LogP contribution in [0.15, 0.2) is 29.3 Å². The number of hydrogen-bond donors (Lipinski definition) is 1. The van der Waals surface area contributed by atoms with Gasteiger partial charge in [0.05, 0.1) is 12.1 Å². The van der Waals surface area contributed by atoms with Gasteiger partial charge in [-0.1, -0.05) is 26.2 Å². The molecule has 0 saturated carbocycles. The molecule has 0 radical (unpaired) electrons. The number of nitrogens with two attached hydrogens (primary N) is 1. The number of rotatable bonds is 5. The van der Waals surface area contributed by atoms with Crippen molar-refractivity contribution in [1.82, 2.24) is 0 Å². The van der Waals surface area contributed by atoms with Gasteiger partial charge < -0.3 is 10.6 Å². The number of hydrogen-bond acceptors (Lipinski definition) is 3. The third kappa shape index (κ3) is 2.88. The van der Waals surface area contributed by atoms with E-state index in [0.717, 1.165) is 18.5 Å². The zero-order valence-electron chi connectivity index (χ0n) is 11.7. The van der Waals surface area contributed by atoms with Crippen LogP contribution in [0.1, 0.15) is 39.5 Å². The smallest absolute Gasteiger partial charge is 0.196 e. The Morgan fingerprint density at radius 1 is 1.32 bits per heavy atom. The van der Waals surface area contributed by atoms with Crippen molar-refractivity contribution in [3.05, 3.63) is 30.1 Å². The molecular formula is C15H22FN3. The highest BCUT2D eigenvalue weighted by Gasteiger charge is 2.38. The first-order chi connectivity index (χ1) is 9.07. The minimum Gasteiger partial charge on any atom is -0.369 e. The lowest BCUT2D eigenvalue weighted by molar-refractivity contribution is 0.438. The van der Waals surface area contributed by atoms with Gasteiger partial charge in [0.15, 0.2) is 5.96 Å². The number of anilines is 1. The Hall–Kier alpha value is -1.58. The number of aliphatic imine (C=N–C) groups is 1. The highest BCUT2D eigenvalue weighted by molar-refractivity contribution is 5.98. The maximum Gasteiger partial charge on any atom is 0.196 e. The summed E-state index contributed by atoms with van der Waals surface area (Å²) in [4.78, 5) is 6.42. The molecule has 1 unspecified atom stereocenters. The third-order valence-electron chi connectivity index (χ3n) is 3.75. The third-order valence-corrected chi connectivity index (χ3v) is 3.75. The van der Waals surface area contributed by atoms with Crippen LogP contribution in [0.5, 0.6) is 0 Å². The van der Waals surface area contributed by atoms with Crippen molar-refractivity contribution in [1.29, 1.82) is 0 Å². The van der Waals surface area contributed by atoms with Crippen LogP contribution in [0.25, 0.3) is 0 Å². The van der Waals surface area contributed by atoms with Crippen LogP contribution in [0.2, 0.25) is 0 Å². The summed E-state index contributed by atoms with van der Waals surface area (Å²) in [5, 5.41) is 0. The average molecular weight is 263 g/mol. The molecule has 4 heteroatoms. The Balaban J connectivity index is 2.19. The van der Waals surface area contributed by atoms with E-state index in [9.17, 15) is 4.39 Å². The maximum absolute atomic E-state index is 13.0.